The van der Waals surface area contributed by atoms with Crippen molar-refractivity contribution in [3.63, 3.8) is 0 Å². The van der Waals surface area contributed by atoms with Crippen molar-refractivity contribution in [3.8, 4) is 0 Å². The zero-order chi connectivity index (χ0) is 14.3. The van der Waals surface area contributed by atoms with Crippen LogP contribution in [-0.4, -0.2) is 39.0 Å². The van der Waals surface area contributed by atoms with Gasteiger partial charge in [0, 0.05) is 18.8 Å². The number of carbonyl (C=O) groups excluding carboxylic acids is 2. The molecule has 1 atom stereocenters. The molecule has 0 saturated heterocycles. The number of nitrogens with one attached hydrogen (secondary N) is 2. The van der Waals surface area contributed by atoms with E-state index in [0.717, 1.165) is 0 Å². The molecule has 1 unspecified atom stereocenters. The number of carbonyl (C=O) groups is 3. The second-order valence-electron chi connectivity index (χ2n) is 3.58. The zero-order valence-electron chi connectivity index (χ0n) is 9.87. The summed E-state index contributed by atoms with van der Waals surface area (Å²) in [5.41, 5.74) is 4.92. The van der Waals surface area contributed by atoms with Crippen molar-refractivity contribution in [2.24, 2.45) is 5.73 Å². The fourth-order valence-electron chi connectivity index (χ4n) is 1.22. The highest BCUT2D eigenvalue weighted by Crippen LogP contribution is 2.00. The molecular formula is C10H13N5O4. The SMILES string of the molecule is NC(=O)CCC(NC(=O)Nc1cnccn1)C(=O)O. The van der Waals surface area contributed by atoms with Gasteiger partial charge in [0.05, 0.1) is 6.20 Å². The molecule has 0 aliphatic heterocycles. The molecule has 0 aliphatic rings. The molecule has 0 aliphatic carbocycles. The van der Waals surface area contributed by atoms with E-state index in [4.69, 9.17) is 10.8 Å². The zero-order valence-corrected chi connectivity index (χ0v) is 9.87. The van der Waals surface area contributed by atoms with Crippen LogP contribution in [0.3, 0.4) is 0 Å². The standard InChI is InChI=1S/C10H13N5O4/c11-7(16)2-1-6(9(17)18)14-10(19)15-8-5-12-3-4-13-8/h3-6H,1-2H2,(H2,11,16)(H,17,18)(H2,13,14,15,19). The van der Waals surface area contributed by atoms with Crippen molar-refractivity contribution in [2.45, 2.75) is 18.9 Å². The summed E-state index contributed by atoms with van der Waals surface area (Å²) in [6.07, 6.45) is 3.88. The summed E-state index contributed by atoms with van der Waals surface area (Å²) in [5, 5.41) is 13.4. The molecule has 0 radical (unpaired) electrons. The summed E-state index contributed by atoms with van der Waals surface area (Å²) in [4.78, 5) is 40.5. The van der Waals surface area contributed by atoms with Gasteiger partial charge < -0.3 is 16.2 Å². The number of aromatic nitrogens is 2. The van der Waals surface area contributed by atoms with Crippen LogP contribution in [0.1, 0.15) is 12.8 Å². The Morgan fingerprint density at radius 2 is 2.11 bits per heavy atom. The number of primary amides is 1. The first kappa shape index (κ1) is 14.4. The minimum absolute atomic E-state index is 0.0848. The minimum atomic E-state index is -1.25. The maximum absolute atomic E-state index is 11.5. The maximum Gasteiger partial charge on any atom is 0.326 e. The lowest BCUT2D eigenvalue weighted by Gasteiger charge is -2.13. The van der Waals surface area contributed by atoms with Crippen molar-refractivity contribution in [2.75, 3.05) is 5.32 Å². The number of nitrogens with zero attached hydrogens (tertiary/aromatic N) is 2. The normalized spacial score (nSPS) is 11.4. The third kappa shape index (κ3) is 5.44. The Balaban J connectivity index is 2.52. The van der Waals surface area contributed by atoms with Crippen molar-refractivity contribution in [1.29, 1.82) is 0 Å². The molecule has 19 heavy (non-hydrogen) atoms. The van der Waals surface area contributed by atoms with Crippen molar-refractivity contribution < 1.29 is 19.5 Å². The van der Waals surface area contributed by atoms with E-state index in [-0.39, 0.29) is 18.7 Å². The molecule has 3 amide bonds. The number of carboxylic acid groups (broad SMARTS) is 1. The summed E-state index contributed by atoms with van der Waals surface area (Å²) in [7, 11) is 0. The maximum atomic E-state index is 11.5. The van der Waals surface area contributed by atoms with Crippen LogP contribution in [-0.2, 0) is 9.59 Å². The Hall–Kier alpha value is -2.71. The van der Waals surface area contributed by atoms with E-state index in [1.165, 1.54) is 18.6 Å². The topological polar surface area (TPSA) is 147 Å². The lowest BCUT2D eigenvalue weighted by atomic mass is 10.1. The van der Waals surface area contributed by atoms with Crippen molar-refractivity contribution in [1.82, 2.24) is 15.3 Å². The van der Waals surface area contributed by atoms with E-state index in [2.05, 4.69) is 20.6 Å². The number of hydrogen-bond donors (Lipinski definition) is 4. The Morgan fingerprint density at radius 1 is 1.37 bits per heavy atom. The predicted molar refractivity (Wildman–Crippen MR) is 64.0 cm³/mol. The van der Waals surface area contributed by atoms with Crippen LogP contribution in [0.2, 0.25) is 0 Å². The van der Waals surface area contributed by atoms with Crippen LogP contribution < -0.4 is 16.4 Å². The molecule has 0 aromatic carbocycles. The highest BCUT2D eigenvalue weighted by Gasteiger charge is 2.20. The van der Waals surface area contributed by atoms with E-state index >= 15 is 0 Å². The van der Waals surface area contributed by atoms with E-state index in [1.54, 1.807) is 0 Å². The lowest BCUT2D eigenvalue weighted by Crippen LogP contribution is -2.43. The van der Waals surface area contributed by atoms with Gasteiger partial charge in [-0.1, -0.05) is 0 Å². The number of rotatable bonds is 6. The average Bonchev–Trinajstić information content (AvgIpc) is 2.35. The number of aliphatic carboxylic acids is 1. The summed E-state index contributed by atoms with van der Waals surface area (Å²) in [5.74, 6) is -1.71. The third-order valence-electron chi connectivity index (χ3n) is 2.09. The monoisotopic (exact) mass is 267 g/mol. The van der Waals surface area contributed by atoms with Gasteiger partial charge in [-0.15, -0.1) is 0 Å². The molecule has 0 bridgehead atoms. The number of nitrogens with two attached hydrogens (primary N) is 1. The van der Waals surface area contributed by atoms with Gasteiger partial charge in [0.15, 0.2) is 5.82 Å². The number of anilines is 1. The fourth-order valence-corrected chi connectivity index (χ4v) is 1.22. The van der Waals surface area contributed by atoms with Crippen molar-refractivity contribution in [3.05, 3.63) is 18.6 Å². The highest BCUT2D eigenvalue weighted by atomic mass is 16.4. The van der Waals surface area contributed by atoms with Gasteiger partial charge in [-0.2, -0.15) is 0 Å². The van der Waals surface area contributed by atoms with Crippen LogP contribution in [0.25, 0.3) is 0 Å². The first-order valence-corrected chi connectivity index (χ1v) is 5.33. The molecule has 102 valence electrons. The Labute approximate surface area is 108 Å². The predicted octanol–water partition coefficient (Wildman–Crippen LogP) is -0.683. The molecule has 0 fully saturated rings. The van der Waals surface area contributed by atoms with Gasteiger partial charge >= 0.3 is 12.0 Å². The van der Waals surface area contributed by atoms with Gasteiger partial charge in [-0.25, -0.2) is 14.6 Å². The van der Waals surface area contributed by atoms with E-state index in [0.29, 0.717) is 0 Å². The largest absolute Gasteiger partial charge is 0.480 e. The third-order valence-corrected chi connectivity index (χ3v) is 2.09. The van der Waals surface area contributed by atoms with Gasteiger partial charge in [-0.05, 0) is 6.42 Å². The summed E-state index contributed by atoms with van der Waals surface area (Å²) in [6, 6.07) is -1.96. The van der Waals surface area contributed by atoms with E-state index in [9.17, 15) is 14.4 Å². The first-order valence-electron chi connectivity index (χ1n) is 5.33. The van der Waals surface area contributed by atoms with Gasteiger partial charge in [0.2, 0.25) is 5.91 Å². The lowest BCUT2D eigenvalue weighted by molar-refractivity contribution is -0.139. The second kappa shape index (κ2) is 6.89. The molecule has 0 spiro atoms. The highest BCUT2D eigenvalue weighted by molar-refractivity contribution is 5.91. The first-order chi connectivity index (χ1) is 8.99. The summed E-state index contributed by atoms with van der Waals surface area (Å²) in [6.45, 7) is 0. The fraction of sp³-hybridized carbons (Fsp3) is 0.300. The quantitative estimate of drug-likeness (QED) is 0.536. The van der Waals surface area contributed by atoms with Gasteiger partial charge in [-0.3, -0.25) is 15.1 Å². The van der Waals surface area contributed by atoms with Crippen LogP contribution in [0.15, 0.2) is 18.6 Å². The van der Waals surface area contributed by atoms with Crippen molar-refractivity contribution >= 4 is 23.7 Å². The minimum Gasteiger partial charge on any atom is -0.480 e. The smallest absolute Gasteiger partial charge is 0.326 e. The molecular weight excluding hydrogens is 254 g/mol. The van der Waals surface area contributed by atoms with Crippen LogP contribution in [0.5, 0.6) is 0 Å². The van der Waals surface area contributed by atoms with Gasteiger partial charge in [0.1, 0.15) is 6.04 Å². The molecule has 0 saturated carbocycles. The Bertz CT molecular complexity index is 464. The Morgan fingerprint density at radius 3 is 2.63 bits per heavy atom. The van der Waals surface area contributed by atoms with E-state index in [1.807, 2.05) is 0 Å². The summed E-state index contributed by atoms with van der Waals surface area (Å²) >= 11 is 0. The molecule has 5 N–H and O–H groups in total. The van der Waals surface area contributed by atoms with Crippen LogP contribution >= 0.6 is 0 Å². The number of hydrogen-bond acceptors (Lipinski definition) is 5. The second-order valence-corrected chi connectivity index (χ2v) is 3.58. The van der Waals surface area contributed by atoms with E-state index < -0.39 is 23.9 Å². The number of amides is 3. The molecule has 1 aromatic rings. The number of urea groups is 1. The molecule has 1 heterocycles. The Kier molecular flexibility index (Phi) is 5.20. The number of carboxylic acids is 1. The van der Waals surface area contributed by atoms with Gasteiger partial charge in [0.25, 0.3) is 0 Å². The van der Waals surface area contributed by atoms with Crippen LogP contribution in [0.4, 0.5) is 10.6 Å². The average molecular weight is 267 g/mol. The van der Waals surface area contributed by atoms with Crippen LogP contribution in [0, 0.1) is 0 Å². The molecule has 1 aromatic heterocycles. The molecule has 9 nitrogen and oxygen atoms in total. The molecule has 1 rings (SSSR count). The summed E-state index contributed by atoms with van der Waals surface area (Å²) < 4.78 is 0. The molecule has 9 heteroatoms.